The molecule has 1 fully saturated rings. The first-order valence-corrected chi connectivity index (χ1v) is 14.4. The number of benzene rings is 1. The van der Waals surface area contributed by atoms with Gasteiger partial charge in [0.15, 0.2) is 0 Å². The van der Waals surface area contributed by atoms with Crippen molar-refractivity contribution in [2.24, 2.45) is 11.7 Å². The first-order valence-electron chi connectivity index (χ1n) is 14.4. The highest BCUT2D eigenvalue weighted by atomic mass is 16.5. The second-order valence-corrected chi connectivity index (χ2v) is 10.5. The van der Waals surface area contributed by atoms with Crippen LogP contribution in [0.25, 0.3) is 10.8 Å². The Hall–Kier alpha value is -3.72. The summed E-state index contributed by atoms with van der Waals surface area (Å²) in [5, 5.41) is 2.21. The van der Waals surface area contributed by atoms with Crippen LogP contribution in [0.5, 0.6) is 0 Å². The molecule has 9 nitrogen and oxygen atoms in total. The van der Waals surface area contributed by atoms with Crippen LogP contribution >= 0.6 is 0 Å². The lowest BCUT2D eigenvalue weighted by Crippen LogP contribution is -2.45. The molecule has 2 aromatic heterocycles. The third kappa shape index (κ3) is 7.47. The van der Waals surface area contributed by atoms with Crippen molar-refractivity contribution < 1.29 is 14.3 Å². The molecule has 0 saturated carbocycles. The molecule has 3 aromatic rings. The van der Waals surface area contributed by atoms with Crippen molar-refractivity contribution in [3.63, 3.8) is 0 Å². The van der Waals surface area contributed by atoms with E-state index in [-0.39, 0.29) is 23.9 Å². The number of hydrogen-bond donors (Lipinski definition) is 1. The molecular weight excluding hydrogens is 506 g/mol. The van der Waals surface area contributed by atoms with Gasteiger partial charge >= 0.3 is 5.97 Å². The van der Waals surface area contributed by atoms with E-state index in [1.165, 1.54) is 17.7 Å². The van der Waals surface area contributed by atoms with Crippen LogP contribution in [0.1, 0.15) is 51.4 Å². The Morgan fingerprint density at radius 1 is 1.05 bits per heavy atom. The quantitative estimate of drug-likeness (QED) is 0.253. The summed E-state index contributed by atoms with van der Waals surface area (Å²) in [5.41, 5.74) is 6.97. The van der Waals surface area contributed by atoms with Crippen LogP contribution in [0.15, 0.2) is 59.8 Å². The van der Waals surface area contributed by atoms with Crippen LogP contribution in [0.2, 0.25) is 0 Å². The number of piperidine rings is 1. The second kappa shape index (κ2) is 14.6. The van der Waals surface area contributed by atoms with Gasteiger partial charge in [-0.3, -0.25) is 19.4 Å². The van der Waals surface area contributed by atoms with E-state index in [4.69, 9.17) is 10.5 Å². The first kappa shape index (κ1) is 29.3. The fraction of sp³-hybridized carbons (Fsp3) is 0.484. The Morgan fingerprint density at radius 2 is 1.82 bits per heavy atom. The highest BCUT2D eigenvalue weighted by Gasteiger charge is 2.31. The number of nitrogens with two attached hydrogens (primary N) is 1. The average Bonchev–Trinajstić information content (AvgIpc) is 2.99. The molecule has 1 atom stereocenters. The zero-order valence-electron chi connectivity index (χ0n) is 23.5. The second-order valence-electron chi connectivity index (χ2n) is 10.5. The molecule has 2 N–H and O–H groups in total. The van der Waals surface area contributed by atoms with Gasteiger partial charge in [-0.05, 0) is 38.3 Å². The normalized spacial score (nSPS) is 15.2. The molecule has 0 unspecified atom stereocenters. The highest BCUT2D eigenvalue weighted by Crippen LogP contribution is 2.31. The number of methoxy groups -OCH3 is 1. The lowest BCUT2D eigenvalue weighted by Gasteiger charge is -2.36. The molecule has 1 aliphatic heterocycles. The predicted molar refractivity (Wildman–Crippen MR) is 159 cm³/mol. The van der Waals surface area contributed by atoms with E-state index in [2.05, 4.69) is 22.0 Å². The number of esters is 1. The molecule has 0 radical (unpaired) electrons. The molecule has 3 heterocycles. The number of carbonyl (C=O) groups excluding carboxylic acids is 2. The molecule has 1 saturated heterocycles. The number of aromatic nitrogens is 2. The number of carbonyl (C=O) groups is 2. The SMILES string of the molecule is COC(=O)Cn1cc(N(CCCCCCCCN)C(=O)[C@H]2CCCN(c3cncc4ccccc34)C2)ccc1=O. The van der Waals surface area contributed by atoms with Crippen molar-refractivity contribution in [1.29, 1.82) is 0 Å². The zero-order chi connectivity index (χ0) is 28.3. The summed E-state index contributed by atoms with van der Waals surface area (Å²) < 4.78 is 6.07. The first-order chi connectivity index (χ1) is 19.5. The largest absolute Gasteiger partial charge is 0.468 e. The summed E-state index contributed by atoms with van der Waals surface area (Å²) in [6.07, 6.45) is 13.3. The molecule has 1 aliphatic rings. The van der Waals surface area contributed by atoms with E-state index in [9.17, 15) is 14.4 Å². The number of unbranched alkanes of at least 4 members (excludes halogenated alkanes) is 5. The molecular formula is C31H41N5O4. The van der Waals surface area contributed by atoms with E-state index in [1.807, 2.05) is 29.4 Å². The van der Waals surface area contributed by atoms with Gasteiger partial charge in [-0.25, -0.2) is 0 Å². The van der Waals surface area contributed by atoms with Gasteiger partial charge in [0.2, 0.25) is 5.91 Å². The molecule has 0 spiro atoms. The van der Waals surface area contributed by atoms with Crippen molar-refractivity contribution in [3.8, 4) is 0 Å². The van der Waals surface area contributed by atoms with Crippen LogP contribution in [0.3, 0.4) is 0 Å². The summed E-state index contributed by atoms with van der Waals surface area (Å²) in [6.45, 7) is 2.55. The fourth-order valence-electron chi connectivity index (χ4n) is 5.46. The molecule has 40 heavy (non-hydrogen) atoms. The summed E-state index contributed by atoms with van der Waals surface area (Å²) >= 11 is 0. The van der Waals surface area contributed by atoms with Crippen molar-refractivity contribution in [1.82, 2.24) is 9.55 Å². The number of rotatable bonds is 13. The molecule has 4 rings (SSSR count). The van der Waals surface area contributed by atoms with Crippen molar-refractivity contribution in [2.75, 3.05) is 43.1 Å². The standard InChI is InChI=1S/C31H41N5O4/c1-40-30(38)23-35-22-26(14-15-29(35)37)36(18-9-5-3-2-4-8-16-32)31(39)25-12-10-17-34(21-25)28-20-33-19-24-11-6-7-13-27(24)28/h6-7,11,13-15,19-20,22,25H,2-5,8-10,12,16-18,21,23,32H2,1H3/t25-/m0/s1. The minimum atomic E-state index is -0.513. The number of nitrogens with zero attached hydrogens (tertiary/aromatic N) is 4. The topological polar surface area (TPSA) is 111 Å². The monoisotopic (exact) mass is 547 g/mol. The summed E-state index contributed by atoms with van der Waals surface area (Å²) in [6, 6.07) is 11.3. The Labute approximate surface area is 235 Å². The zero-order valence-corrected chi connectivity index (χ0v) is 23.5. The molecule has 0 bridgehead atoms. The van der Waals surface area contributed by atoms with Gasteiger partial charge in [0, 0.05) is 48.9 Å². The van der Waals surface area contributed by atoms with Gasteiger partial charge in [0.05, 0.1) is 30.6 Å². The molecule has 1 aromatic carbocycles. The van der Waals surface area contributed by atoms with Crippen molar-refractivity contribution in [2.45, 2.75) is 57.9 Å². The van der Waals surface area contributed by atoms with Crippen molar-refractivity contribution in [3.05, 3.63) is 65.3 Å². The summed E-state index contributed by atoms with van der Waals surface area (Å²) in [7, 11) is 1.29. The van der Waals surface area contributed by atoms with Crippen LogP contribution in [-0.4, -0.2) is 54.7 Å². The number of hydrogen-bond acceptors (Lipinski definition) is 7. The third-order valence-electron chi connectivity index (χ3n) is 7.67. The molecule has 1 amide bonds. The van der Waals surface area contributed by atoms with Gasteiger partial charge in [-0.15, -0.1) is 0 Å². The van der Waals surface area contributed by atoms with Gasteiger partial charge in [0.25, 0.3) is 5.56 Å². The Kier molecular flexibility index (Phi) is 10.7. The minimum absolute atomic E-state index is 0.0456. The minimum Gasteiger partial charge on any atom is -0.468 e. The number of pyridine rings is 2. The van der Waals surface area contributed by atoms with Crippen LogP contribution in [-0.2, 0) is 20.9 Å². The van der Waals surface area contributed by atoms with Gasteiger partial charge in [-0.2, -0.15) is 0 Å². The molecule has 214 valence electrons. The van der Waals surface area contributed by atoms with E-state index in [0.29, 0.717) is 18.8 Å². The fourth-order valence-corrected chi connectivity index (χ4v) is 5.46. The van der Waals surface area contributed by atoms with E-state index in [1.54, 1.807) is 12.3 Å². The van der Waals surface area contributed by atoms with E-state index in [0.717, 1.165) is 80.9 Å². The van der Waals surface area contributed by atoms with E-state index < -0.39 is 5.97 Å². The summed E-state index contributed by atoms with van der Waals surface area (Å²) in [5.74, 6) is -0.663. The lowest BCUT2D eigenvalue weighted by molar-refractivity contribution is -0.141. The van der Waals surface area contributed by atoms with Crippen LogP contribution in [0, 0.1) is 5.92 Å². The number of ether oxygens (including phenoxy) is 1. The van der Waals surface area contributed by atoms with Gasteiger partial charge in [0.1, 0.15) is 6.54 Å². The Balaban J connectivity index is 1.54. The van der Waals surface area contributed by atoms with Crippen molar-refractivity contribution >= 4 is 34.0 Å². The maximum atomic E-state index is 14.1. The summed E-state index contributed by atoms with van der Waals surface area (Å²) in [4.78, 5) is 47.0. The van der Waals surface area contributed by atoms with Gasteiger partial charge < -0.3 is 24.8 Å². The maximum absolute atomic E-state index is 14.1. The van der Waals surface area contributed by atoms with Gasteiger partial charge in [-0.1, -0.05) is 49.9 Å². The average molecular weight is 548 g/mol. The Morgan fingerprint density at radius 3 is 2.62 bits per heavy atom. The smallest absolute Gasteiger partial charge is 0.325 e. The molecule has 9 heteroatoms. The molecule has 0 aliphatic carbocycles. The number of anilines is 2. The maximum Gasteiger partial charge on any atom is 0.325 e. The number of amides is 1. The lowest BCUT2D eigenvalue weighted by atomic mass is 9.95. The predicted octanol–water partition coefficient (Wildman–Crippen LogP) is 4.12. The number of fused-ring (bicyclic) bond motifs is 1. The van der Waals surface area contributed by atoms with E-state index >= 15 is 0 Å². The Bertz CT molecular complexity index is 1340. The third-order valence-corrected chi connectivity index (χ3v) is 7.67. The van der Waals surface area contributed by atoms with Crippen LogP contribution < -0.4 is 21.1 Å². The highest BCUT2D eigenvalue weighted by molar-refractivity contribution is 5.96. The van der Waals surface area contributed by atoms with Crippen LogP contribution in [0.4, 0.5) is 11.4 Å².